The van der Waals surface area contributed by atoms with Gasteiger partial charge >= 0.3 is 0 Å². The van der Waals surface area contributed by atoms with Gasteiger partial charge in [-0.2, -0.15) is 5.10 Å². The van der Waals surface area contributed by atoms with Crippen LogP contribution in [-0.4, -0.2) is 33.8 Å². The van der Waals surface area contributed by atoms with Crippen LogP contribution >= 0.6 is 0 Å². The Hall–Kier alpha value is -2.37. The van der Waals surface area contributed by atoms with E-state index in [4.69, 9.17) is 9.47 Å². The molecule has 2 aromatic rings. The number of aryl methyl sites for hydroxylation is 1. The second-order valence-electron chi connectivity index (χ2n) is 3.89. The molecule has 0 unspecified atom stereocenters. The van der Waals surface area contributed by atoms with Gasteiger partial charge in [0.2, 0.25) is 5.78 Å². The van der Waals surface area contributed by atoms with Crippen LogP contribution in [0.4, 0.5) is 0 Å². The van der Waals surface area contributed by atoms with Gasteiger partial charge in [0.1, 0.15) is 19.5 Å². The highest BCUT2D eigenvalue weighted by Gasteiger charge is 2.18. The molecule has 0 fully saturated rings. The lowest BCUT2D eigenvalue weighted by molar-refractivity contribution is 0.102. The number of ketones is 1. The molecule has 1 aromatic carbocycles. The molecule has 3 rings (SSSR count). The van der Waals surface area contributed by atoms with E-state index in [0.717, 1.165) is 0 Å². The Labute approximate surface area is 103 Å². The van der Waals surface area contributed by atoms with Crippen molar-refractivity contribution in [3.05, 3.63) is 35.9 Å². The van der Waals surface area contributed by atoms with Crippen LogP contribution in [0.5, 0.6) is 11.5 Å². The number of ether oxygens (including phenoxy) is 2. The van der Waals surface area contributed by atoms with Crippen molar-refractivity contribution in [2.45, 2.75) is 0 Å². The van der Waals surface area contributed by atoms with Crippen LogP contribution in [0.1, 0.15) is 16.2 Å². The van der Waals surface area contributed by atoms with Gasteiger partial charge in [-0.15, -0.1) is 0 Å². The molecule has 1 aromatic heterocycles. The predicted octanol–water partition coefficient (Wildman–Crippen LogP) is 0.817. The lowest BCUT2D eigenvalue weighted by Gasteiger charge is -2.18. The maximum Gasteiger partial charge on any atom is 0.230 e. The fourth-order valence-corrected chi connectivity index (χ4v) is 1.82. The number of hydrogen-bond donors (Lipinski definition) is 0. The monoisotopic (exact) mass is 245 g/mol. The smallest absolute Gasteiger partial charge is 0.230 e. The van der Waals surface area contributed by atoms with E-state index >= 15 is 0 Å². The highest BCUT2D eigenvalue weighted by Crippen LogP contribution is 2.31. The maximum atomic E-state index is 12.2. The molecule has 18 heavy (non-hydrogen) atoms. The maximum absolute atomic E-state index is 12.2. The third-order valence-electron chi connectivity index (χ3n) is 2.72. The van der Waals surface area contributed by atoms with Crippen LogP contribution in [0.3, 0.4) is 0 Å². The molecule has 6 heteroatoms. The Morgan fingerprint density at radius 1 is 1.28 bits per heavy atom. The Kier molecular flexibility index (Phi) is 2.47. The molecule has 0 amide bonds. The largest absolute Gasteiger partial charge is 0.486 e. The average molecular weight is 245 g/mol. The van der Waals surface area contributed by atoms with Crippen LogP contribution in [0.2, 0.25) is 0 Å². The standard InChI is InChI=1S/C12H11N3O3/c1-15-12(13-7-14-15)11(16)8-2-3-9-10(6-8)18-5-4-17-9/h2-3,6-7H,4-5H2,1H3. The molecule has 92 valence electrons. The van der Waals surface area contributed by atoms with Crippen molar-refractivity contribution >= 4 is 5.78 Å². The summed E-state index contributed by atoms with van der Waals surface area (Å²) < 4.78 is 12.3. The molecule has 0 spiro atoms. The van der Waals surface area contributed by atoms with Crippen molar-refractivity contribution in [3.63, 3.8) is 0 Å². The molecule has 0 aliphatic carbocycles. The first-order chi connectivity index (χ1) is 8.75. The first-order valence-corrected chi connectivity index (χ1v) is 5.54. The first kappa shape index (κ1) is 10.8. The summed E-state index contributed by atoms with van der Waals surface area (Å²) in [5.41, 5.74) is 0.510. The van der Waals surface area contributed by atoms with Crippen molar-refractivity contribution in [1.82, 2.24) is 14.8 Å². The molecular weight excluding hydrogens is 234 g/mol. The molecule has 0 bridgehead atoms. The number of carbonyl (C=O) groups is 1. The summed E-state index contributed by atoms with van der Waals surface area (Å²) in [5, 5.41) is 3.88. The van der Waals surface area contributed by atoms with Gasteiger partial charge in [0.25, 0.3) is 0 Å². The summed E-state index contributed by atoms with van der Waals surface area (Å²) in [7, 11) is 1.68. The quantitative estimate of drug-likeness (QED) is 0.733. The van der Waals surface area contributed by atoms with E-state index in [-0.39, 0.29) is 5.78 Å². The number of aromatic nitrogens is 3. The number of benzene rings is 1. The molecule has 6 nitrogen and oxygen atoms in total. The molecule has 0 saturated heterocycles. The molecule has 0 radical (unpaired) electrons. The number of rotatable bonds is 2. The van der Waals surface area contributed by atoms with Gasteiger partial charge in [-0.3, -0.25) is 4.79 Å². The van der Waals surface area contributed by atoms with Crippen molar-refractivity contribution < 1.29 is 14.3 Å². The average Bonchev–Trinajstić information content (AvgIpc) is 2.83. The van der Waals surface area contributed by atoms with E-state index in [0.29, 0.717) is 36.1 Å². The Morgan fingerprint density at radius 3 is 2.78 bits per heavy atom. The number of fused-ring (bicyclic) bond motifs is 1. The number of hydrogen-bond acceptors (Lipinski definition) is 5. The van der Waals surface area contributed by atoms with E-state index in [2.05, 4.69) is 10.1 Å². The van der Waals surface area contributed by atoms with Crippen LogP contribution in [-0.2, 0) is 7.05 Å². The normalized spacial score (nSPS) is 13.4. The third kappa shape index (κ3) is 1.71. The molecule has 0 N–H and O–H groups in total. The fourth-order valence-electron chi connectivity index (χ4n) is 1.82. The van der Waals surface area contributed by atoms with Crippen LogP contribution in [0.25, 0.3) is 0 Å². The van der Waals surface area contributed by atoms with E-state index < -0.39 is 0 Å². The zero-order chi connectivity index (χ0) is 12.5. The summed E-state index contributed by atoms with van der Waals surface area (Å²) in [5.74, 6) is 1.36. The van der Waals surface area contributed by atoms with Crippen molar-refractivity contribution in [2.24, 2.45) is 7.05 Å². The highest BCUT2D eigenvalue weighted by molar-refractivity contribution is 6.06. The Balaban J connectivity index is 1.98. The van der Waals surface area contributed by atoms with Crippen molar-refractivity contribution in [3.8, 4) is 11.5 Å². The Morgan fingerprint density at radius 2 is 2.06 bits per heavy atom. The molecule has 0 atom stereocenters. The van der Waals surface area contributed by atoms with E-state index in [9.17, 15) is 4.79 Å². The van der Waals surface area contributed by atoms with Crippen LogP contribution in [0, 0.1) is 0 Å². The summed E-state index contributed by atoms with van der Waals surface area (Å²) in [6.07, 6.45) is 1.35. The topological polar surface area (TPSA) is 66.2 Å². The highest BCUT2D eigenvalue weighted by atomic mass is 16.6. The van der Waals surface area contributed by atoms with E-state index in [1.807, 2.05) is 0 Å². The summed E-state index contributed by atoms with van der Waals surface area (Å²) in [6.45, 7) is 1.03. The van der Waals surface area contributed by atoms with Gasteiger partial charge in [0.15, 0.2) is 17.3 Å². The molecule has 2 heterocycles. The SMILES string of the molecule is Cn1ncnc1C(=O)c1ccc2c(c1)OCCO2. The third-order valence-corrected chi connectivity index (χ3v) is 2.72. The number of carbonyl (C=O) groups excluding carboxylic acids is 1. The van der Waals surface area contributed by atoms with Gasteiger partial charge in [-0.05, 0) is 18.2 Å². The van der Waals surface area contributed by atoms with E-state index in [1.54, 1.807) is 25.2 Å². The minimum absolute atomic E-state index is 0.188. The minimum atomic E-state index is -0.188. The number of nitrogens with zero attached hydrogens (tertiary/aromatic N) is 3. The van der Waals surface area contributed by atoms with Crippen molar-refractivity contribution in [1.29, 1.82) is 0 Å². The lowest BCUT2D eigenvalue weighted by atomic mass is 10.1. The summed E-state index contributed by atoms with van der Waals surface area (Å²) in [6, 6.07) is 5.11. The molecular formula is C12H11N3O3. The van der Waals surface area contributed by atoms with Gasteiger partial charge in [0.05, 0.1) is 0 Å². The second-order valence-corrected chi connectivity index (χ2v) is 3.89. The Bertz CT molecular complexity index is 606. The second kappa shape index (κ2) is 4.14. The van der Waals surface area contributed by atoms with Gasteiger partial charge in [0, 0.05) is 12.6 Å². The van der Waals surface area contributed by atoms with E-state index in [1.165, 1.54) is 11.0 Å². The van der Waals surface area contributed by atoms with Gasteiger partial charge < -0.3 is 9.47 Å². The zero-order valence-corrected chi connectivity index (χ0v) is 9.79. The van der Waals surface area contributed by atoms with Gasteiger partial charge in [-0.1, -0.05) is 0 Å². The summed E-state index contributed by atoms with van der Waals surface area (Å²) >= 11 is 0. The van der Waals surface area contributed by atoms with Crippen molar-refractivity contribution in [2.75, 3.05) is 13.2 Å². The minimum Gasteiger partial charge on any atom is -0.486 e. The van der Waals surface area contributed by atoms with Crippen LogP contribution in [0.15, 0.2) is 24.5 Å². The summed E-state index contributed by atoms with van der Waals surface area (Å²) in [4.78, 5) is 16.1. The predicted molar refractivity (Wildman–Crippen MR) is 61.9 cm³/mol. The zero-order valence-electron chi connectivity index (χ0n) is 9.79. The van der Waals surface area contributed by atoms with Gasteiger partial charge in [-0.25, -0.2) is 9.67 Å². The molecule has 0 saturated carbocycles. The first-order valence-electron chi connectivity index (χ1n) is 5.54. The lowest BCUT2D eigenvalue weighted by Crippen LogP contribution is -2.16. The molecule has 1 aliphatic heterocycles. The fraction of sp³-hybridized carbons (Fsp3) is 0.250. The molecule has 1 aliphatic rings. The van der Waals surface area contributed by atoms with Crippen LogP contribution < -0.4 is 9.47 Å².